The number of nitrogens with one attached hydrogen (secondary N) is 1. The number of halogens is 2. The van der Waals surface area contributed by atoms with Gasteiger partial charge in [0.05, 0.1) is 11.9 Å². The lowest BCUT2D eigenvalue weighted by Crippen LogP contribution is -2.48. The van der Waals surface area contributed by atoms with E-state index in [2.05, 4.69) is 5.32 Å². The highest BCUT2D eigenvalue weighted by Gasteiger charge is 2.30. The number of aryl methyl sites for hydroxylation is 1. The van der Waals surface area contributed by atoms with E-state index in [1.807, 2.05) is 18.2 Å². The van der Waals surface area contributed by atoms with Crippen LogP contribution in [0.5, 0.6) is 0 Å². The highest BCUT2D eigenvalue weighted by atomic mass is 35.5. The van der Waals surface area contributed by atoms with Gasteiger partial charge in [-0.1, -0.05) is 41.9 Å². The molecular weight excluding hydrogens is 391 g/mol. The van der Waals surface area contributed by atoms with Crippen LogP contribution in [0, 0.1) is 5.82 Å². The molecule has 0 fully saturated rings. The van der Waals surface area contributed by atoms with E-state index >= 15 is 0 Å². The summed E-state index contributed by atoms with van der Waals surface area (Å²) in [6.45, 7) is 1.78. The van der Waals surface area contributed by atoms with Crippen LogP contribution in [-0.4, -0.2) is 33.2 Å². The summed E-state index contributed by atoms with van der Waals surface area (Å²) >= 11 is 6.09. The average molecular weight is 413 g/mol. The third kappa shape index (κ3) is 5.68. The number of para-hydroxylation sites is 1. The molecule has 5 nitrogen and oxygen atoms in total. The molecule has 0 aliphatic rings. The molecule has 0 radical (unpaired) electrons. The molecular formula is C19H22ClFN2O3S. The van der Waals surface area contributed by atoms with Gasteiger partial charge in [-0.15, -0.1) is 0 Å². The van der Waals surface area contributed by atoms with Crippen LogP contribution in [0.15, 0.2) is 48.5 Å². The van der Waals surface area contributed by atoms with Crippen LogP contribution in [0.1, 0.15) is 18.9 Å². The molecule has 146 valence electrons. The second-order valence-electron chi connectivity index (χ2n) is 6.17. The molecule has 0 spiro atoms. The van der Waals surface area contributed by atoms with Crippen LogP contribution >= 0.6 is 11.6 Å². The van der Waals surface area contributed by atoms with Crippen LogP contribution in [0.25, 0.3) is 0 Å². The van der Waals surface area contributed by atoms with Crippen molar-refractivity contribution in [2.45, 2.75) is 25.8 Å². The lowest BCUT2D eigenvalue weighted by atomic mass is 10.1. The molecule has 0 bridgehead atoms. The fourth-order valence-electron chi connectivity index (χ4n) is 2.75. The molecule has 0 unspecified atom stereocenters. The Hall–Kier alpha value is -2.12. The molecule has 1 amide bonds. The Morgan fingerprint density at radius 1 is 1.19 bits per heavy atom. The smallest absolute Gasteiger partial charge is 0.243 e. The normalized spacial score (nSPS) is 12.4. The summed E-state index contributed by atoms with van der Waals surface area (Å²) < 4.78 is 39.2. The van der Waals surface area contributed by atoms with Gasteiger partial charge in [-0.05, 0) is 43.5 Å². The standard InChI is InChI=1S/C19H22ClFN2O3S/c1-14(23(27(2,25)26)18-12-6-5-11-17(18)21)19(24)22-13-7-9-15-8-3-4-10-16(15)20/h3-6,8,10-12,14H,7,9,13H2,1-2H3,(H,22,24)/t14-/m1/s1. The monoisotopic (exact) mass is 412 g/mol. The Balaban J connectivity index is 2.01. The highest BCUT2D eigenvalue weighted by molar-refractivity contribution is 7.92. The van der Waals surface area contributed by atoms with E-state index in [9.17, 15) is 17.6 Å². The van der Waals surface area contributed by atoms with Crippen LogP contribution in [0.2, 0.25) is 5.02 Å². The van der Waals surface area contributed by atoms with Gasteiger partial charge in [-0.3, -0.25) is 9.10 Å². The number of carbonyl (C=O) groups is 1. The minimum Gasteiger partial charge on any atom is -0.354 e. The number of hydrogen-bond acceptors (Lipinski definition) is 3. The number of hydrogen-bond donors (Lipinski definition) is 1. The summed E-state index contributed by atoms with van der Waals surface area (Å²) in [6, 6.07) is 11.8. The Kier molecular flexibility index (Phi) is 7.21. The second kappa shape index (κ2) is 9.19. The van der Waals surface area contributed by atoms with Crippen molar-refractivity contribution >= 4 is 33.2 Å². The summed E-state index contributed by atoms with van der Waals surface area (Å²) in [5.74, 6) is -1.20. The Bertz CT molecular complexity index is 905. The van der Waals surface area contributed by atoms with Crippen molar-refractivity contribution < 1.29 is 17.6 Å². The average Bonchev–Trinajstić information content (AvgIpc) is 2.60. The van der Waals surface area contributed by atoms with Gasteiger partial charge < -0.3 is 5.32 Å². The zero-order chi connectivity index (χ0) is 20.0. The first-order valence-electron chi connectivity index (χ1n) is 8.47. The maximum atomic E-state index is 14.1. The predicted octanol–water partition coefficient (Wildman–Crippen LogP) is 3.38. The summed E-state index contributed by atoms with van der Waals surface area (Å²) in [5, 5.41) is 3.37. The number of anilines is 1. The van der Waals surface area contributed by atoms with Gasteiger partial charge in [-0.2, -0.15) is 0 Å². The largest absolute Gasteiger partial charge is 0.354 e. The minimum atomic E-state index is -3.85. The van der Waals surface area contributed by atoms with Gasteiger partial charge in [-0.25, -0.2) is 12.8 Å². The molecule has 0 aliphatic carbocycles. The molecule has 8 heteroatoms. The summed E-state index contributed by atoms with van der Waals surface area (Å²) in [4.78, 5) is 12.4. The van der Waals surface area contributed by atoms with Crippen molar-refractivity contribution in [2.24, 2.45) is 0 Å². The topological polar surface area (TPSA) is 66.5 Å². The molecule has 0 saturated carbocycles. The summed E-state index contributed by atoms with van der Waals surface area (Å²) in [6.07, 6.45) is 2.26. The van der Waals surface area contributed by atoms with E-state index in [1.165, 1.54) is 25.1 Å². The lowest BCUT2D eigenvalue weighted by molar-refractivity contribution is -0.121. The zero-order valence-electron chi connectivity index (χ0n) is 15.2. The number of nitrogens with zero attached hydrogens (tertiary/aromatic N) is 1. The number of sulfonamides is 1. The second-order valence-corrected chi connectivity index (χ2v) is 8.44. The summed E-state index contributed by atoms with van der Waals surface area (Å²) in [7, 11) is -3.85. The van der Waals surface area contributed by atoms with E-state index in [4.69, 9.17) is 11.6 Å². The highest BCUT2D eigenvalue weighted by Crippen LogP contribution is 2.24. The zero-order valence-corrected chi connectivity index (χ0v) is 16.7. The van der Waals surface area contributed by atoms with Crippen molar-refractivity contribution in [3.05, 3.63) is 64.9 Å². The molecule has 0 heterocycles. The molecule has 0 aliphatic heterocycles. The maximum Gasteiger partial charge on any atom is 0.243 e. The number of rotatable bonds is 8. The van der Waals surface area contributed by atoms with Crippen molar-refractivity contribution in [1.29, 1.82) is 0 Å². The minimum absolute atomic E-state index is 0.154. The molecule has 2 rings (SSSR count). The third-order valence-corrected chi connectivity index (χ3v) is 5.65. The first kappa shape index (κ1) is 21.2. The van der Waals surface area contributed by atoms with Crippen LogP contribution < -0.4 is 9.62 Å². The van der Waals surface area contributed by atoms with Gasteiger partial charge >= 0.3 is 0 Å². The van der Waals surface area contributed by atoms with Crippen molar-refractivity contribution in [3.8, 4) is 0 Å². The SMILES string of the molecule is C[C@H](C(=O)NCCCc1ccccc1Cl)N(c1ccccc1F)S(C)(=O)=O. The first-order valence-corrected chi connectivity index (χ1v) is 10.7. The number of benzene rings is 2. The molecule has 2 aromatic carbocycles. The quantitative estimate of drug-likeness (QED) is 0.676. The van der Waals surface area contributed by atoms with E-state index in [-0.39, 0.29) is 5.69 Å². The molecule has 1 atom stereocenters. The predicted molar refractivity (Wildman–Crippen MR) is 106 cm³/mol. The van der Waals surface area contributed by atoms with Crippen LogP contribution in [0.3, 0.4) is 0 Å². The van der Waals surface area contributed by atoms with E-state index in [1.54, 1.807) is 6.07 Å². The van der Waals surface area contributed by atoms with Gasteiger partial charge in [0.15, 0.2) is 0 Å². The molecule has 0 saturated heterocycles. The fraction of sp³-hybridized carbons (Fsp3) is 0.316. The molecule has 0 aromatic heterocycles. The summed E-state index contributed by atoms with van der Waals surface area (Å²) in [5.41, 5.74) is 0.823. The van der Waals surface area contributed by atoms with Gasteiger partial charge in [0.1, 0.15) is 11.9 Å². The van der Waals surface area contributed by atoms with Crippen LogP contribution in [0.4, 0.5) is 10.1 Å². The fourth-order valence-corrected chi connectivity index (χ4v) is 4.16. The molecule has 2 aromatic rings. The van der Waals surface area contributed by atoms with Gasteiger partial charge in [0.25, 0.3) is 0 Å². The first-order chi connectivity index (χ1) is 12.7. The molecule has 27 heavy (non-hydrogen) atoms. The third-order valence-electron chi connectivity index (χ3n) is 4.06. The van der Waals surface area contributed by atoms with E-state index in [0.717, 1.165) is 22.2 Å². The van der Waals surface area contributed by atoms with E-state index < -0.39 is 27.8 Å². The number of amides is 1. The maximum absolute atomic E-state index is 14.1. The van der Waals surface area contributed by atoms with Crippen LogP contribution in [-0.2, 0) is 21.2 Å². The molecule has 1 N–H and O–H groups in total. The van der Waals surface area contributed by atoms with E-state index in [0.29, 0.717) is 24.4 Å². The Morgan fingerprint density at radius 2 is 1.81 bits per heavy atom. The van der Waals surface area contributed by atoms with Crippen molar-refractivity contribution in [1.82, 2.24) is 5.32 Å². The Labute approximate surface area is 164 Å². The van der Waals surface area contributed by atoms with Gasteiger partial charge in [0.2, 0.25) is 15.9 Å². The van der Waals surface area contributed by atoms with Crippen molar-refractivity contribution in [2.75, 3.05) is 17.1 Å². The number of carbonyl (C=O) groups excluding carboxylic acids is 1. The Morgan fingerprint density at radius 3 is 2.44 bits per heavy atom. The van der Waals surface area contributed by atoms with Crippen molar-refractivity contribution in [3.63, 3.8) is 0 Å². The van der Waals surface area contributed by atoms with Gasteiger partial charge in [0, 0.05) is 11.6 Å². The lowest BCUT2D eigenvalue weighted by Gasteiger charge is -2.28.